The number of thiol groups is 1. The fourth-order valence-electron chi connectivity index (χ4n) is 2.82. The number of non-ortho nitro benzene ring substituents is 2. The number of aromatic nitrogens is 1. The summed E-state index contributed by atoms with van der Waals surface area (Å²) in [5.74, 6) is 0. The van der Waals surface area contributed by atoms with E-state index in [4.69, 9.17) is 9.47 Å². The molecule has 0 saturated carbocycles. The van der Waals surface area contributed by atoms with Crippen LogP contribution in [0.3, 0.4) is 0 Å². The third-order valence-corrected chi connectivity index (χ3v) is 8.74. The van der Waals surface area contributed by atoms with Crippen LogP contribution in [0.5, 0.6) is 0 Å². The van der Waals surface area contributed by atoms with Gasteiger partial charge in [0.25, 0.3) is 11.4 Å². The van der Waals surface area contributed by atoms with E-state index in [1.807, 2.05) is 12.1 Å². The molecule has 14 heteroatoms. The summed E-state index contributed by atoms with van der Waals surface area (Å²) in [6, 6.07) is 17.4. The van der Waals surface area contributed by atoms with E-state index < -0.39 is 16.0 Å². The SMILES string of the molecule is O=C(OCC(SS)c1ccc([N+](=O)[O-])cc1)OCC(SSc1ccccn1)c1ccc([N+](=O)[O-])cc1. The van der Waals surface area contributed by atoms with E-state index in [-0.39, 0.29) is 35.1 Å². The number of pyridine rings is 1. The Balaban J connectivity index is 1.59. The molecule has 0 saturated heterocycles. The molecule has 188 valence electrons. The van der Waals surface area contributed by atoms with Crippen LogP contribution in [-0.4, -0.2) is 34.2 Å². The Morgan fingerprint density at radius 3 is 1.86 bits per heavy atom. The highest BCUT2D eigenvalue weighted by Gasteiger charge is 2.20. The van der Waals surface area contributed by atoms with E-state index in [0.717, 1.165) is 21.4 Å². The van der Waals surface area contributed by atoms with Gasteiger partial charge in [0, 0.05) is 30.5 Å². The number of rotatable bonds is 12. The predicted octanol–water partition coefficient (Wildman–Crippen LogP) is 6.85. The highest BCUT2D eigenvalue weighted by Crippen LogP contribution is 2.42. The molecular weight excluding hydrogens is 547 g/mol. The minimum Gasteiger partial charge on any atom is -0.433 e. The highest BCUT2D eigenvalue weighted by atomic mass is 33.1. The second-order valence-corrected chi connectivity index (χ2v) is 10.8. The van der Waals surface area contributed by atoms with Crippen molar-refractivity contribution in [1.82, 2.24) is 4.98 Å². The van der Waals surface area contributed by atoms with Crippen molar-refractivity contribution < 1.29 is 24.1 Å². The first-order valence-corrected chi connectivity index (χ1v) is 14.3. The van der Waals surface area contributed by atoms with Crippen LogP contribution in [0.1, 0.15) is 21.6 Å². The standard InChI is InChI=1S/C22H19N3O7S4/c26-22(31-13-19(34-33)15-4-8-17(9-5-15)24(27)28)32-14-20(35-36-21-3-1-2-12-23-21)16-6-10-18(11-7-16)25(29)30/h1-12,19-20,33H,13-14H2. The van der Waals surface area contributed by atoms with Crippen LogP contribution in [-0.2, 0) is 9.47 Å². The first kappa shape index (κ1) is 27.6. The van der Waals surface area contributed by atoms with Crippen molar-refractivity contribution in [2.45, 2.75) is 15.5 Å². The molecule has 1 aromatic heterocycles. The van der Waals surface area contributed by atoms with E-state index in [0.29, 0.717) is 5.56 Å². The maximum atomic E-state index is 12.3. The Hall–Kier alpha value is -2.94. The molecule has 0 fully saturated rings. The minimum absolute atomic E-state index is 0.0400. The Labute approximate surface area is 223 Å². The molecule has 2 atom stereocenters. The van der Waals surface area contributed by atoms with Crippen LogP contribution in [0, 0.1) is 20.2 Å². The summed E-state index contributed by atoms with van der Waals surface area (Å²) < 4.78 is 10.6. The number of carbonyl (C=O) groups is 1. The molecule has 2 unspecified atom stereocenters. The van der Waals surface area contributed by atoms with Gasteiger partial charge in [0.1, 0.15) is 18.2 Å². The monoisotopic (exact) mass is 565 g/mol. The summed E-state index contributed by atoms with van der Waals surface area (Å²) in [5.41, 5.74) is 1.36. The number of hydrogen-bond acceptors (Lipinski definition) is 12. The maximum absolute atomic E-state index is 12.3. The zero-order valence-corrected chi connectivity index (χ0v) is 21.7. The van der Waals surface area contributed by atoms with Crippen LogP contribution < -0.4 is 0 Å². The molecule has 0 aliphatic carbocycles. The summed E-state index contributed by atoms with van der Waals surface area (Å²) in [6.45, 7) is -0.0970. The maximum Gasteiger partial charge on any atom is 0.508 e. The lowest BCUT2D eigenvalue weighted by Gasteiger charge is -2.17. The molecule has 36 heavy (non-hydrogen) atoms. The van der Waals surface area contributed by atoms with Crippen molar-refractivity contribution in [1.29, 1.82) is 0 Å². The number of carbonyl (C=O) groups excluding carboxylic acids is 1. The molecule has 10 nitrogen and oxygen atoms in total. The van der Waals surface area contributed by atoms with Crippen molar-refractivity contribution in [3.8, 4) is 0 Å². The van der Waals surface area contributed by atoms with Gasteiger partial charge < -0.3 is 9.47 Å². The molecular formula is C22H19N3O7S4. The van der Waals surface area contributed by atoms with Gasteiger partial charge in [0.05, 0.1) is 20.3 Å². The Morgan fingerprint density at radius 2 is 1.39 bits per heavy atom. The molecule has 0 bridgehead atoms. The summed E-state index contributed by atoms with van der Waals surface area (Å²) >= 11 is 4.20. The van der Waals surface area contributed by atoms with Gasteiger partial charge in [-0.3, -0.25) is 20.2 Å². The molecule has 1 heterocycles. The van der Waals surface area contributed by atoms with Gasteiger partial charge >= 0.3 is 6.16 Å². The second-order valence-electron chi connectivity index (χ2n) is 7.00. The Bertz CT molecular complexity index is 1170. The average Bonchev–Trinajstić information content (AvgIpc) is 2.90. The zero-order chi connectivity index (χ0) is 25.9. The summed E-state index contributed by atoms with van der Waals surface area (Å²) in [6.07, 6.45) is 0.776. The number of nitro groups is 2. The molecule has 0 N–H and O–H groups in total. The molecule has 0 radical (unpaired) electrons. The van der Waals surface area contributed by atoms with Crippen LogP contribution in [0.15, 0.2) is 78.0 Å². The fraction of sp³-hybridized carbons (Fsp3) is 0.182. The van der Waals surface area contributed by atoms with Crippen LogP contribution >= 0.6 is 44.0 Å². The lowest BCUT2D eigenvalue weighted by atomic mass is 10.1. The van der Waals surface area contributed by atoms with E-state index in [1.165, 1.54) is 45.9 Å². The van der Waals surface area contributed by atoms with Gasteiger partial charge in [-0.15, -0.1) is 11.7 Å². The lowest BCUT2D eigenvalue weighted by Crippen LogP contribution is -2.15. The van der Waals surface area contributed by atoms with Crippen molar-refractivity contribution >= 4 is 61.6 Å². The topological polar surface area (TPSA) is 135 Å². The van der Waals surface area contributed by atoms with Crippen molar-refractivity contribution in [2.75, 3.05) is 13.2 Å². The quantitative estimate of drug-likeness (QED) is 0.0811. The van der Waals surface area contributed by atoms with Crippen molar-refractivity contribution in [3.05, 3.63) is 104 Å². The molecule has 3 aromatic rings. The summed E-state index contributed by atoms with van der Waals surface area (Å²) in [7, 11) is 3.91. The van der Waals surface area contributed by atoms with Crippen LogP contribution in [0.4, 0.5) is 16.2 Å². The smallest absolute Gasteiger partial charge is 0.433 e. The van der Waals surface area contributed by atoms with Crippen LogP contribution in [0.25, 0.3) is 0 Å². The van der Waals surface area contributed by atoms with E-state index >= 15 is 0 Å². The molecule has 0 amide bonds. The third kappa shape index (κ3) is 8.33. The van der Waals surface area contributed by atoms with E-state index in [2.05, 4.69) is 16.6 Å². The van der Waals surface area contributed by atoms with E-state index in [9.17, 15) is 25.0 Å². The van der Waals surface area contributed by atoms with Gasteiger partial charge in [-0.25, -0.2) is 9.78 Å². The van der Waals surface area contributed by atoms with Crippen molar-refractivity contribution in [2.24, 2.45) is 0 Å². The number of nitro benzene ring substituents is 2. The average molecular weight is 566 g/mol. The molecule has 0 aliphatic rings. The first-order chi connectivity index (χ1) is 17.4. The predicted molar refractivity (Wildman–Crippen MR) is 143 cm³/mol. The Morgan fingerprint density at radius 1 is 0.861 bits per heavy atom. The normalized spacial score (nSPS) is 12.4. The molecule has 2 aromatic carbocycles. The van der Waals surface area contributed by atoms with Gasteiger partial charge in [0.2, 0.25) is 0 Å². The highest BCUT2D eigenvalue weighted by molar-refractivity contribution is 8.76. The van der Waals surface area contributed by atoms with Gasteiger partial charge in [-0.2, -0.15) is 0 Å². The van der Waals surface area contributed by atoms with Gasteiger partial charge in [-0.1, -0.05) is 51.9 Å². The molecule has 0 spiro atoms. The number of hydrogen-bond donors (Lipinski definition) is 1. The number of nitrogens with zero attached hydrogens (tertiary/aromatic N) is 3. The largest absolute Gasteiger partial charge is 0.508 e. The number of ether oxygens (including phenoxy) is 2. The van der Waals surface area contributed by atoms with Crippen LogP contribution in [0.2, 0.25) is 0 Å². The van der Waals surface area contributed by atoms with Crippen molar-refractivity contribution in [3.63, 3.8) is 0 Å². The summed E-state index contributed by atoms with van der Waals surface area (Å²) in [5, 5.41) is 21.9. The Kier molecular flexibility index (Phi) is 10.7. The third-order valence-electron chi connectivity index (χ3n) is 4.67. The number of benzene rings is 2. The second kappa shape index (κ2) is 14.0. The first-order valence-electron chi connectivity index (χ1n) is 10.2. The lowest BCUT2D eigenvalue weighted by molar-refractivity contribution is -0.385. The summed E-state index contributed by atoms with van der Waals surface area (Å²) in [4.78, 5) is 37.4. The fourth-order valence-corrected chi connectivity index (χ4v) is 6.06. The minimum atomic E-state index is -0.889. The van der Waals surface area contributed by atoms with E-state index in [1.54, 1.807) is 36.5 Å². The molecule has 0 aliphatic heterocycles. The zero-order valence-electron chi connectivity index (χ0n) is 18.4. The molecule has 3 rings (SSSR count). The van der Waals surface area contributed by atoms with Gasteiger partial charge in [0.15, 0.2) is 0 Å². The van der Waals surface area contributed by atoms with Gasteiger partial charge in [-0.05, 0) is 34.1 Å².